The number of nitrogens with one attached hydrogen (secondary N) is 1. The third-order valence-corrected chi connectivity index (χ3v) is 5.41. The molecule has 0 amide bonds. The number of aromatic amines is 1. The van der Waals surface area contributed by atoms with E-state index in [2.05, 4.69) is 20.2 Å². The van der Waals surface area contributed by atoms with Gasteiger partial charge in [-0.05, 0) is 25.1 Å². The van der Waals surface area contributed by atoms with E-state index >= 15 is 0 Å². The summed E-state index contributed by atoms with van der Waals surface area (Å²) < 4.78 is 1.90. The number of hydrogen-bond donors (Lipinski definition) is 1. The number of pyridine rings is 1. The van der Waals surface area contributed by atoms with Gasteiger partial charge in [0.2, 0.25) is 0 Å². The number of aromatic nitrogens is 5. The van der Waals surface area contributed by atoms with Crippen LogP contribution in [0.15, 0.2) is 60.1 Å². The van der Waals surface area contributed by atoms with Gasteiger partial charge in [-0.25, -0.2) is 0 Å². The summed E-state index contributed by atoms with van der Waals surface area (Å²) in [5.74, 6) is 0.822. The molecule has 0 aliphatic rings. The second-order valence-electron chi connectivity index (χ2n) is 5.97. The van der Waals surface area contributed by atoms with Crippen molar-refractivity contribution in [1.82, 2.24) is 24.7 Å². The van der Waals surface area contributed by atoms with Crippen LogP contribution in [-0.2, 0) is 7.05 Å². The predicted octanol–water partition coefficient (Wildman–Crippen LogP) is 3.72. The number of nitrogens with zero attached hydrogens (tertiary/aromatic N) is 4. The Labute approximate surface area is 154 Å². The molecule has 130 valence electrons. The number of ketones is 1. The van der Waals surface area contributed by atoms with Crippen LogP contribution < -0.4 is 0 Å². The van der Waals surface area contributed by atoms with E-state index < -0.39 is 0 Å². The standard InChI is InChI=1S/C19H17N5OS/c1-12(17(25)15-11-21-16-6-4-3-5-14(15)16)26-19-23-22-18(24(19)2)13-7-9-20-10-8-13/h3-12,21H,1-2H3/t12-/m0/s1. The maximum atomic E-state index is 12.9. The molecule has 7 heteroatoms. The van der Waals surface area contributed by atoms with Gasteiger partial charge in [-0.3, -0.25) is 9.78 Å². The number of thioether (sulfide) groups is 1. The van der Waals surface area contributed by atoms with Crippen LogP contribution >= 0.6 is 11.8 Å². The number of carbonyl (C=O) groups is 1. The van der Waals surface area contributed by atoms with Gasteiger partial charge in [0.15, 0.2) is 16.8 Å². The van der Waals surface area contributed by atoms with E-state index in [1.165, 1.54) is 11.8 Å². The third kappa shape index (κ3) is 2.90. The summed E-state index contributed by atoms with van der Waals surface area (Å²) in [4.78, 5) is 20.1. The SMILES string of the molecule is C[C@H](Sc1nnc(-c2ccncc2)n1C)C(=O)c1c[nH]c2ccccc12. The summed E-state index contributed by atoms with van der Waals surface area (Å²) in [5, 5.41) is 9.89. The monoisotopic (exact) mass is 363 g/mol. The van der Waals surface area contributed by atoms with Crippen molar-refractivity contribution in [2.45, 2.75) is 17.3 Å². The van der Waals surface area contributed by atoms with Crippen LogP contribution in [0.2, 0.25) is 0 Å². The minimum Gasteiger partial charge on any atom is -0.360 e. The summed E-state index contributed by atoms with van der Waals surface area (Å²) in [6.07, 6.45) is 5.23. The molecule has 4 aromatic rings. The molecule has 1 aromatic carbocycles. The van der Waals surface area contributed by atoms with Gasteiger partial charge in [0.05, 0.1) is 5.25 Å². The average Bonchev–Trinajstić information content (AvgIpc) is 3.26. The van der Waals surface area contributed by atoms with E-state index in [1.54, 1.807) is 18.6 Å². The number of rotatable bonds is 5. The first-order chi connectivity index (χ1) is 12.6. The Morgan fingerprint density at radius 3 is 2.73 bits per heavy atom. The molecule has 1 N–H and O–H groups in total. The molecule has 3 heterocycles. The van der Waals surface area contributed by atoms with Crippen molar-refractivity contribution in [3.8, 4) is 11.4 Å². The van der Waals surface area contributed by atoms with Crippen LogP contribution in [0, 0.1) is 0 Å². The van der Waals surface area contributed by atoms with Crippen molar-refractivity contribution >= 4 is 28.4 Å². The Balaban J connectivity index is 1.58. The summed E-state index contributed by atoms with van der Waals surface area (Å²) in [5.41, 5.74) is 2.61. The summed E-state index contributed by atoms with van der Waals surface area (Å²) in [6.45, 7) is 1.90. The summed E-state index contributed by atoms with van der Waals surface area (Å²) in [6, 6.07) is 11.6. The number of Topliss-reactive ketones (excluding diaryl/α,β-unsaturated/α-hetero) is 1. The Morgan fingerprint density at radius 1 is 1.15 bits per heavy atom. The largest absolute Gasteiger partial charge is 0.360 e. The van der Waals surface area contributed by atoms with Gasteiger partial charge in [-0.1, -0.05) is 30.0 Å². The lowest BCUT2D eigenvalue weighted by Crippen LogP contribution is -2.14. The molecule has 1 atom stereocenters. The minimum atomic E-state index is -0.276. The van der Waals surface area contributed by atoms with E-state index in [1.807, 2.05) is 54.9 Å². The summed E-state index contributed by atoms with van der Waals surface area (Å²) >= 11 is 1.41. The lowest BCUT2D eigenvalue weighted by molar-refractivity contribution is 0.0995. The highest BCUT2D eigenvalue weighted by Crippen LogP contribution is 2.29. The number of hydrogen-bond acceptors (Lipinski definition) is 5. The molecule has 0 aliphatic carbocycles. The molecular weight excluding hydrogens is 346 g/mol. The Hall–Kier alpha value is -2.93. The first kappa shape index (κ1) is 16.5. The van der Waals surface area contributed by atoms with Crippen LogP contribution in [0.4, 0.5) is 0 Å². The van der Waals surface area contributed by atoms with Gasteiger partial charge in [0.25, 0.3) is 0 Å². The van der Waals surface area contributed by atoms with E-state index in [4.69, 9.17) is 0 Å². The van der Waals surface area contributed by atoms with Crippen molar-refractivity contribution < 1.29 is 4.79 Å². The smallest absolute Gasteiger partial charge is 0.191 e. The Morgan fingerprint density at radius 2 is 1.92 bits per heavy atom. The van der Waals surface area contributed by atoms with E-state index in [9.17, 15) is 4.79 Å². The van der Waals surface area contributed by atoms with Gasteiger partial charge in [0, 0.05) is 47.7 Å². The highest BCUT2D eigenvalue weighted by Gasteiger charge is 2.22. The minimum absolute atomic E-state index is 0.0703. The molecule has 0 spiro atoms. The van der Waals surface area contributed by atoms with Crippen molar-refractivity contribution in [3.05, 3.63) is 60.6 Å². The second-order valence-corrected chi connectivity index (χ2v) is 7.28. The van der Waals surface area contributed by atoms with Crippen LogP contribution in [0.1, 0.15) is 17.3 Å². The molecule has 0 fully saturated rings. The molecule has 6 nitrogen and oxygen atoms in total. The van der Waals surface area contributed by atoms with E-state index in [-0.39, 0.29) is 11.0 Å². The van der Waals surface area contributed by atoms with Crippen LogP contribution in [0.3, 0.4) is 0 Å². The third-order valence-electron chi connectivity index (χ3n) is 4.28. The van der Waals surface area contributed by atoms with Gasteiger partial charge < -0.3 is 9.55 Å². The first-order valence-electron chi connectivity index (χ1n) is 8.22. The maximum Gasteiger partial charge on any atom is 0.191 e. The zero-order valence-electron chi connectivity index (χ0n) is 14.4. The fourth-order valence-corrected chi connectivity index (χ4v) is 3.76. The lowest BCUT2D eigenvalue weighted by atomic mass is 10.1. The van der Waals surface area contributed by atoms with E-state index in [0.29, 0.717) is 10.7 Å². The van der Waals surface area contributed by atoms with E-state index in [0.717, 1.165) is 22.3 Å². The normalized spacial score (nSPS) is 12.4. The highest BCUT2D eigenvalue weighted by molar-refractivity contribution is 8.00. The predicted molar refractivity (Wildman–Crippen MR) is 102 cm³/mol. The maximum absolute atomic E-state index is 12.9. The zero-order chi connectivity index (χ0) is 18.1. The molecule has 0 saturated carbocycles. The van der Waals surface area contributed by atoms with Gasteiger partial charge in [-0.15, -0.1) is 10.2 Å². The quantitative estimate of drug-likeness (QED) is 0.432. The number of fused-ring (bicyclic) bond motifs is 1. The number of carbonyl (C=O) groups excluding carboxylic acids is 1. The fourth-order valence-electron chi connectivity index (χ4n) is 2.88. The molecule has 0 radical (unpaired) electrons. The van der Waals surface area contributed by atoms with Crippen molar-refractivity contribution in [1.29, 1.82) is 0 Å². The van der Waals surface area contributed by atoms with Gasteiger partial charge >= 0.3 is 0 Å². The number of H-pyrrole nitrogens is 1. The fraction of sp³-hybridized carbons (Fsp3) is 0.158. The molecule has 0 unspecified atom stereocenters. The molecule has 4 rings (SSSR count). The van der Waals surface area contributed by atoms with Crippen molar-refractivity contribution in [2.75, 3.05) is 0 Å². The molecule has 0 bridgehead atoms. The number of benzene rings is 1. The van der Waals surface area contributed by atoms with Gasteiger partial charge in [-0.2, -0.15) is 0 Å². The topological polar surface area (TPSA) is 76.5 Å². The first-order valence-corrected chi connectivity index (χ1v) is 9.10. The molecular formula is C19H17N5OS. The average molecular weight is 363 g/mol. The number of para-hydroxylation sites is 1. The summed E-state index contributed by atoms with van der Waals surface area (Å²) in [7, 11) is 1.90. The van der Waals surface area contributed by atoms with Crippen molar-refractivity contribution in [3.63, 3.8) is 0 Å². The van der Waals surface area contributed by atoms with Gasteiger partial charge in [0.1, 0.15) is 0 Å². The molecule has 26 heavy (non-hydrogen) atoms. The molecule has 0 saturated heterocycles. The van der Waals surface area contributed by atoms with Crippen molar-refractivity contribution in [2.24, 2.45) is 7.05 Å². The van der Waals surface area contributed by atoms with Crippen LogP contribution in [0.25, 0.3) is 22.3 Å². The Kier molecular flexibility index (Phi) is 4.30. The zero-order valence-corrected chi connectivity index (χ0v) is 15.2. The van der Waals surface area contributed by atoms with Crippen LogP contribution in [-0.4, -0.2) is 35.8 Å². The Bertz CT molecular complexity index is 1070. The molecule has 0 aliphatic heterocycles. The molecule has 3 aromatic heterocycles. The lowest BCUT2D eigenvalue weighted by Gasteiger charge is -2.09. The highest BCUT2D eigenvalue weighted by atomic mass is 32.2. The van der Waals surface area contributed by atoms with Crippen LogP contribution in [0.5, 0.6) is 0 Å². The second kappa shape index (κ2) is 6.76.